The third-order valence-electron chi connectivity index (χ3n) is 5.54. The van der Waals surface area contributed by atoms with Gasteiger partial charge in [0.15, 0.2) is 6.10 Å². The molecule has 0 saturated carbocycles. The highest BCUT2D eigenvalue weighted by Gasteiger charge is 2.17. The molecule has 4 aromatic rings. The number of benzene rings is 3. The van der Waals surface area contributed by atoms with Crippen LogP contribution in [0.3, 0.4) is 0 Å². The molecule has 4 rings (SSSR count). The van der Waals surface area contributed by atoms with Crippen LogP contribution >= 0.6 is 11.3 Å². The molecular formula is C28H28N2O2S. The number of nitrogens with one attached hydrogen (secondary N) is 1. The zero-order chi connectivity index (χ0) is 23.4. The van der Waals surface area contributed by atoms with Crippen LogP contribution in [0.1, 0.15) is 37.8 Å². The van der Waals surface area contributed by atoms with Crippen LogP contribution in [0.2, 0.25) is 0 Å². The predicted octanol–water partition coefficient (Wildman–Crippen LogP) is 7.31. The first-order valence-electron chi connectivity index (χ1n) is 11.1. The lowest BCUT2D eigenvalue weighted by atomic mass is 10.0. The van der Waals surface area contributed by atoms with Gasteiger partial charge in [0.05, 0.1) is 5.69 Å². The minimum Gasteiger partial charge on any atom is -0.481 e. The fourth-order valence-electron chi connectivity index (χ4n) is 3.62. The minimum atomic E-state index is -0.611. The highest BCUT2D eigenvalue weighted by atomic mass is 32.1. The van der Waals surface area contributed by atoms with Crippen molar-refractivity contribution in [1.82, 2.24) is 4.98 Å². The number of para-hydroxylation sites is 1. The summed E-state index contributed by atoms with van der Waals surface area (Å²) in [5.74, 6) is 0.885. The van der Waals surface area contributed by atoms with E-state index in [0.29, 0.717) is 5.92 Å². The van der Waals surface area contributed by atoms with E-state index in [0.717, 1.165) is 38.8 Å². The van der Waals surface area contributed by atoms with Crippen molar-refractivity contribution >= 4 is 22.9 Å². The van der Waals surface area contributed by atoms with Crippen LogP contribution < -0.4 is 10.1 Å². The van der Waals surface area contributed by atoms with E-state index >= 15 is 0 Å². The first-order valence-corrected chi connectivity index (χ1v) is 12.0. The van der Waals surface area contributed by atoms with Gasteiger partial charge in [0.1, 0.15) is 10.8 Å². The number of thiazole rings is 1. The van der Waals surface area contributed by atoms with E-state index in [1.165, 1.54) is 5.56 Å². The standard InChI is InChI=1S/C28H28N2O2S/c1-18(2)23-10-7-8-12-26(23)32-20(4)27(31)29-22-15-13-21(14-16-22)25-17-33-28(30-25)24-11-6-5-9-19(24)3/h5-18,20H,1-4H3,(H,29,31). The van der Waals surface area contributed by atoms with Gasteiger partial charge in [-0.1, -0.05) is 68.4 Å². The Balaban J connectivity index is 1.42. The average Bonchev–Trinajstić information content (AvgIpc) is 3.30. The highest BCUT2D eigenvalue weighted by Crippen LogP contribution is 2.31. The first-order chi connectivity index (χ1) is 15.9. The van der Waals surface area contributed by atoms with Gasteiger partial charge in [-0.15, -0.1) is 11.3 Å². The molecule has 1 amide bonds. The minimum absolute atomic E-state index is 0.184. The summed E-state index contributed by atoms with van der Waals surface area (Å²) in [6.45, 7) is 8.09. The summed E-state index contributed by atoms with van der Waals surface area (Å²) in [7, 11) is 0. The van der Waals surface area contributed by atoms with Gasteiger partial charge in [0, 0.05) is 22.2 Å². The van der Waals surface area contributed by atoms with Gasteiger partial charge in [0.2, 0.25) is 0 Å². The summed E-state index contributed by atoms with van der Waals surface area (Å²) < 4.78 is 5.97. The van der Waals surface area contributed by atoms with E-state index in [9.17, 15) is 4.79 Å². The van der Waals surface area contributed by atoms with Crippen molar-refractivity contribution in [2.24, 2.45) is 0 Å². The van der Waals surface area contributed by atoms with Gasteiger partial charge in [-0.2, -0.15) is 0 Å². The maximum Gasteiger partial charge on any atom is 0.265 e. The molecule has 0 aliphatic carbocycles. The quantitative estimate of drug-likeness (QED) is 0.317. The van der Waals surface area contributed by atoms with Gasteiger partial charge in [-0.25, -0.2) is 4.98 Å². The number of nitrogens with zero attached hydrogens (tertiary/aromatic N) is 1. The van der Waals surface area contributed by atoms with E-state index in [4.69, 9.17) is 9.72 Å². The van der Waals surface area contributed by atoms with Crippen LogP contribution in [0.25, 0.3) is 21.8 Å². The monoisotopic (exact) mass is 456 g/mol. The molecule has 0 fully saturated rings. The second kappa shape index (κ2) is 10.0. The summed E-state index contributed by atoms with van der Waals surface area (Å²) in [5.41, 5.74) is 6.13. The summed E-state index contributed by atoms with van der Waals surface area (Å²) in [6.07, 6.45) is -0.611. The lowest BCUT2D eigenvalue weighted by Crippen LogP contribution is -2.30. The number of carbonyl (C=O) groups is 1. The number of ether oxygens (including phenoxy) is 1. The van der Waals surface area contributed by atoms with E-state index in [1.807, 2.05) is 60.7 Å². The lowest BCUT2D eigenvalue weighted by Gasteiger charge is -2.18. The van der Waals surface area contributed by atoms with Crippen molar-refractivity contribution < 1.29 is 9.53 Å². The third kappa shape index (κ3) is 5.32. The molecule has 0 bridgehead atoms. The van der Waals surface area contributed by atoms with E-state index in [2.05, 4.69) is 43.6 Å². The molecule has 0 spiro atoms. The van der Waals surface area contributed by atoms with Crippen molar-refractivity contribution in [3.8, 4) is 27.6 Å². The van der Waals surface area contributed by atoms with Crippen LogP contribution in [0.4, 0.5) is 5.69 Å². The van der Waals surface area contributed by atoms with Crippen molar-refractivity contribution in [3.63, 3.8) is 0 Å². The largest absolute Gasteiger partial charge is 0.481 e. The number of aromatic nitrogens is 1. The molecule has 0 aliphatic rings. The van der Waals surface area contributed by atoms with Gasteiger partial charge >= 0.3 is 0 Å². The number of hydrogen-bond acceptors (Lipinski definition) is 4. The molecule has 1 N–H and O–H groups in total. The Kier molecular flexibility index (Phi) is 6.90. The molecule has 1 atom stereocenters. The Morgan fingerprint density at radius 1 is 0.939 bits per heavy atom. The fraction of sp³-hybridized carbons (Fsp3) is 0.214. The Morgan fingerprint density at radius 2 is 1.64 bits per heavy atom. The molecule has 1 unspecified atom stereocenters. The maximum absolute atomic E-state index is 12.7. The van der Waals surface area contributed by atoms with Crippen LogP contribution in [-0.2, 0) is 4.79 Å². The molecule has 1 aromatic heterocycles. The second-order valence-corrected chi connectivity index (χ2v) is 9.23. The number of carbonyl (C=O) groups excluding carboxylic acids is 1. The Bertz CT molecular complexity index is 1240. The number of aryl methyl sites for hydroxylation is 1. The average molecular weight is 457 g/mol. The lowest BCUT2D eigenvalue weighted by molar-refractivity contribution is -0.122. The van der Waals surface area contributed by atoms with Gasteiger partial charge in [0.25, 0.3) is 5.91 Å². The Morgan fingerprint density at radius 3 is 2.36 bits per heavy atom. The third-order valence-corrected chi connectivity index (χ3v) is 6.42. The normalized spacial score (nSPS) is 11.9. The van der Waals surface area contributed by atoms with Gasteiger partial charge < -0.3 is 10.1 Å². The molecule has 0 saturated heterocycles. The number of amides is 1. The van der Waals surface area contributed by atoms with Gasteiger partial charge in [-0.05, 0) is 49.1 Å². The topological polar surface area (TPSA) is 51.2 Å². The molecule has 168 valence electrons. The summed E-state index contributed by atoms with van der Waals surface area (Å²) in [6, 6.07) is 23.9. The molecule has 1 heterocycles. The molecule has 5 heteroatoms. The maximum atomic E-state index is 12.7. The second-order valence-electron chi connectivity index (χ2n) is 8.37. The van der Waals surface area contributed by atoms with Gasteiger partial charge in [-0.3, -0.25) is 4.79 Å². The smallest absolute Gasteiger partial charge is 0.265 e. The van der Waals surface area contributed by atoms with Crippen molar-refractivity contribution in [1.29, 1.82) is 0 Å². The van der Waals surface area contributed by atoms with Crippen molar-refractivity contribution in [3.05, 3.63) is 89.3 Å². The van der Waals surface area contributed by atoms with Crippen LogP contribution in [-0.4, -0.2) is 17.0 Å². The van der Waals surface area contributed by atoms with Crippen molar-refractivity contribution in [2.75, 3.05) is 5.32 Å². The summed E-state index contributed by atoms with van der Waals surface area (Å²) in [5, 5.41) is 6.02. The zero-order valence-corrected chi connectivity index (χ0v) is 20.1. The highest BCUT2D eigenvalue weighted by molar-refractivity contribution is 7.13. The van der Waals surface area contributed by atoms with E-state index in [-0.39, 0.29) is 5.91 Å². The van der Waals surface area contributed by atoms with E-state index < -0.39 is 6.10 Å². The Labute approximate surface area is 199 Å². The number of rotatable bonds is 7. The summed E-state index contributed by atoms with van der Waals surface area (Å²) >= 11 is 1.64. The zero-order valence-electron chi connectivity index (χ0n) is 19.3. The molecule has 33 heavy (non-hydrogen) atoms. The first kappa shape index (κ1) is 22.7. The Hall–Kier alpha value is -3.44. The van der Waals surface area contributed by atoms with Crippen LogP contribution in [0.15, 0.2) is 78.2 Å². The summed E-state index contributed by atoms with van der Waals surface area (Å²) in [4.78, 5) is 17.5. The fourth-order valence-corrected chi connectivity index (χ4v) is 4.54. The number of hydrogen-bond donors (Lipinski definition) is 1. The molecular weight excluding hydrogens is 428 g/mol. The van der Waals surface area contributed by atoms with Crippen LogP contribution in [0.5, 0.6) is 5.75 Å². The number of anilines is 1. The van der Waals surface area contributed by atoms with Crippen LogP contribution in [0, 0.1) is 6.92 Å². The van der Waals surface area contributed by atoms with Crippen molar-refractivity contribution in [2.45, 2.75) is 39.7 Å². The predicted molar refractivity (Wildman–Crippen MR) is 137 cm³/mol. The molecule has 0 radical (unpaired) electrons. The molecule has 0 aliphatic heterocycles. The SMILES string of the molecule is Cc1ccccc1-c1nc(-c2ccc(NC(=O)C(C)Oc3ccccc3C(C)C)cc2)cs1. The molecule has 4 nitrogen and oxygen atoms in total. The molecule has 3 aromatic carbocycles. The van der Waals surface area contributed by atoms with E-state index in [1.54, 1.807) is 18.3 Å².